The first kappa shape index (κ1) is 22.7. The zero-order chi connectivity index (χ0) is 22.1. The predicted molar refractivity (Wildman–Crippen MR) is 119 cm³/mol. The van der Waals surface area contributed by atoms with Crippen molar-refractivity contribution in [1.29, 1.82) is 5.26 Å². The number of ether oxygens (including phenoxy) is 3. The summed E-state index contributed by atoms with van der Waals surface area (Å²) < 4.78 is 17.1. The molecule has 0 unspecified atom stereocenters. The highest BCUT2D eigenvalue weighted by molar-refractivity contribution is 6.30. The molecular weight excluding hydrogens is 416 g/mol. The van der Waals surface area contributed by atoms with Crippen molar-refractivity contribution in [3.8, 4) is 17.6 Å². The van der Waals surface area contributed by atoms with E-state index in [-0.39, 0.29) is 11.7 Å². The lowest BCUT2D eigenvalue weighted by Gasteiger charge is -2.13. The van der Waals surface area contributed by atoms with Crippen molar-refractivity contribution < 1.29 is 19.0 Å². The highest BCUT2D eigenvalue weighted by Crippen LogP contribution is 2.30. The van der Waals surface area contributed by atoms with E-state index in [9.17, 15) is 10.1 Å². The van der Waals surface area contributed by atoms with Gasteiger partial charge >= 0.3 is 0 Å². The second-order valence-corrected chi connectivity index (χ2v) is 7.51. The molecule has 2 aromatic rings. The van der Waals surface area contributed by atoms with Gasteiger partial charge in [-0.25, -0.2) is 0 Å². The SMILES string of the molecule is CCOc1cc(/C=C(\C#N)C(=O)NC[C@@H]2CCCO2)ccc1OCc1ccc(Cl)cc1. The van der Waals surface area contributed by atoms with Crippen molar-refractivity contribution in [3.05, 3.63) is 64.2 Å². The van der Waals surface area contributed by atoms with E-state index in [4.69, 9.17) is 25.8 Å². The largest absolute Gasteiger partial charge is 0.490 e. The van der Waals surface area contributed by atoms with Gasteiger partial charge < -0.3 is 19.5 Å². The molecule has 0 saturated carbocycles. The van der Waals surface area contributed by atoms with E-state index in [1.54, 1.807) is 18.2 Å². The zero-order valence-corrected chi connectivity index (χ0v) is 18.2. The Morgan fingerprint density at radius 3 is 2.74 bits per heavy atom. The maximum atomic E-state index is 12.4. The van der Waals surface area contributed by atoms with E-state index in [2.05, 4.69) is 5.32 Å². The summed E-state index contributed by atoms with van der Waals surface area (Å²) in [6.07, 6.45) is 3.47. The molecular formula is C24H25ClN2O4. The molecule has 0 spiro atoms. The second-order valence-electron chi connectivity index (χ2n) is 7.07. The molecule has 1 N–H and O–H groups in total. The van der Waals surface area contributed by atoms with Crippen molar-refractivity contribution >= 4 is 23.6 Å². The zero-order valence-electron chi connectivity index (χ0n) is 17.4. The highest BCUT2D eigenvalue weighted by Gasteiger charge is 2.18. The van der Waals surface area contributed by atoms with Crippen molar-refractivity contribution in [2.45, 2.75) is 32.5 Å². The van der Waals surface area contributed by atoms with Crippen LogP contribution in [0.25, 0.3) is 6.08 Å². The van der Waals surface area contributed by atoms with Crippen LogP contribution in [0.15, 0.2) is 48.0 Å². The molecule has 162 valence electrons. The molecule has 0 aromatic heterocycles. The minimum absolute atomic E-state index is 0.0190. The van der Waals surface area contributed by atoms with Gasteiger partial charge in [0.15, 0.2) is 11.5 Å². The van der Waals surface area contributed by atoms with E-state index in [0.717, 1.165) is 18.4 Å². The lowest BCUT2D eigenvalue weighted by atomic mass is 10.1. The van der Waals surface area contributed by atoms with Crippen molar-refractivity contribution in [2.75, 3.05) is 19.8 Å². The summed E-state index contributed by atoms with van der Waals surface area (Å²) in [6, 6.07) is 14.7. The van der Waals surface area contributed by atoms with Crippen LogP contribution in [0.1, 0.15) is 30.9 Å². The minimum atomic E-state index is -0.418. The fraction of sp³-hybridized carbons (Fsp3) is 0.333. The van der Waals surface area contributed by atoms with Crippen molar-refractivity contribution in [3.63, 3.8) is 0 Å². The van der Waals surface area contributed by atoms with Crippen LogP contribution in [0.4, 0.5) is 0 Å². The summed E-state index contributed by atoms with van der Waals surface area (Å²) in [6.45, 7) is 3.82. The number of amides is 1. The Kier molecular flexibility index (Phi) is 8.34. The lowest BCUT2D eigenvalue weighted by molar-refractivity contribution is -0.117. The molecule has 0 bridgehead atoms. The Morgan fingerprint density at radius 2 is 2.06 bits per heavy atom. The third-order valence-electron chi connectivity index (χ3n) is 4.77. The van der Waals surface area contributed by atoms with Crippen LogP contribution >= 0.6 is 11.6 Å². The molecule has 6 nitrogen and oxygen atoms in total. The average molecular weight is 441 g/mol. The molecule has 1 aliphatic heterocycles. The van der Waals surface area contributed by atoms with Gasteiger partial charge in [0.25, 0.3) is 5.91 Å². The number of halogens is 1. The maximum absolute atomic E-state index is 12.4. The van der Waals surface area contributed by atoms with Gasteiger partial charge in [-0.2, -0.15) is 5.26 Å². The van der Waals surface area contributed by atoms with Crippen molar-refractivity contribution in [2.24, 2.45) is 0 Å². The van der Waals surface area contributed by atoms with Crippen LogP contribution in [0.5, 0.6) is 11.5 Å². The first-order chi connectivity index (χ1) is 15.1. The summed E-state index contributed by atoms with van der Waals surface area (Å²) >= 11 is 5.92. The van der Waals surface area contributed by atoms with Gasteiger partial charge in [0, 0.05) is 18.2 Å². The van der Waals surface area contributed by atoms with E-state index in [1.165, 1.54) is 6.08 Å². The number of carbonyl (C=O) groups is 1. The third-order valence-corrected chi connectivity index (χ3v) is 5.02. The van der Waals surface area contributed by atoms with Crippen molar-refractivity contribution in [1.82, 2.24) is 5.32 Å². The number of nitriles is 1. The molecule has 0 aliphatic carbocycles. The molecule has 0 radical (unpaired) electrons. The molecule has 31 heavy (non-hydrogen) atoms. The smallest absolute Gasteiger partial charge is 0.262 e. The van der Waals surface area contributed by atoms with E-state index in [0.29, 0.717) is 48.5 Å². The highest BCUT2D eigenvalue weighted by atomic mass is 35.5. The van der Waals surface area contributed by atoms with Gasteiger partial charge in [-0.1, -0.05) is 29.8 Å². The summed E-state index contributed by atoms with van der Waals surface area (Å²) in [5, 5.41) is 12.9. The van der Waals surface area contributed by atoms with Gasteiger partial charge in [-0.05, 0) is 61.2 Å². The Hall–Kier alpha value is -3.01. The lowest BCUT2D eigenvalue weighted by Crippen LogP contribution is -2.32. The molecule has 1 heterocycles. The van der Waals surface area contributed by atoms with E-state index in [1.807, 2.05) is 37.3 Å². The molecule has 1 fully saturated rings. The minimum Gasteiger partial charge on any atom is -0.490 e. The summed E-state index contributed by atoms with van der Waals surface area (Å²) in [5.41, 5.74) is 1.67. The maximum Gasteiger partial charge on any atom is 0.262 e. The number of rotatable bonds is 9. The van der Waals surface area contributed by atoms with Gasteiger partial charge in [0.05, 0.1) is 12.7 Å². The summed E-state index contributed by atoms with van der Waals surface area (Å²) in [4.78, 5) is 12.4. The first-order valence-electron chi connectivity index (χ1n) is 10.2. The standard InChI is InChI=1S/C24H25ClN2O4/c1-2-29-23-13-18(7-10-22(23)31-16-17-5-8-20(25)9-6-17)12-19(14-26)24(28)27-15-21-4-3-11-30-21/h5-10,12-13,21H,2-4,11,15-16H2,1H3,(H,27,28)/b19-12+/t21-/m0/s1. The first-order valence-corrected chi connectivity index (χ1v) is 10.6. The Morgan fingerprint density at radius 1 is 1.26 bits per heavy atom. The Balaban J connectivity index is 1.69. The third kappa shape index (κ3) is 6.74. The van der Waals surface area contributed by atoms with Crippen LogP contribution in [-0.4, -0.2) is 31.8 Å². The van der Waals surface area contributed by atoms with Gasteiger partial charge in [-0.15, -0.1) is 0 Å². The van der Waals surface area contributed by atoms with E-state index >= 15 is 0 Å². The Labute approximate surface area is 187 Å². The topological polar surface area (TPSA) is 80.6 Å². The number of nitrogens with zero attached hydrogens (tertiary/aromatic N) is 1. The monoisotopic (exact) mass is 440 g/mol. The number of hydrogen-bond donors (Lipinski definition) is 1. The van der Waals surface area contributed by atoms with Crippen LogP contribution < -0.4 is 14.8 Å². The summed E-state index contributed by atoms with van der Waals surface area (Å²) in [5.74, 6) is 0.705. The van der Waals surface area contributed by atoms with Gasteiger partial charge in [-0.3, -0.25) is 4.79 Å². The average Bonchev–Trinajstić information content (AvgIpc) is 3.30. The molecule has 7 heteroatoms. The molecule has 1 saturated heterocycles. The van der Waals surface area contributed by atoms with Crippen LogP contribution in [-0.2, 0) is 16.1 Å². The summed E-state index contributed by atoms with van der Waals surface area (Å²) in [7, 11) is 0. The molecule has 1 aliphatic rings. The molecule has 3 rings (SSSR count). The molecule has 1 amide bonds. The fourth-order valence-corrected chi connectivity index (χ4v) is 3.29. The number of nitrogens with one attached hydrogen (secondary N) is 1. The van der Waals surface area contributed by atoms with E-state index < -0.39 is 5.91 Å². The molecule has 2 aromatic carbocycles. The molecule has 1 atom stereocenters. The number of benzene rings is 2. The van der Waals surface area contributed by atoms with Gasteiger partial charge in [0.2, 0.25) is 0 Å². The Bertz CT molecular complexity index is 961. The number of carbonyl (C=O) groups excluding carboxylic acids is 1. The second kappa shape index (κ2) is 11.4. The van der Waals surface area contributed by atoms with Crippen LogP contribution in [0.3, 0.4) is 0 Å². The predicted octanol–water partition coefficient (Wildman–Crippen LogP) is 4.52. The normalized spacial score (nSPS) is 15.9. The number of hydrogen-bond acceptors (Lipinski definition) is 5. The van der Waals surface area contributed by atoms with Crippen LogP contribution in [0.2, 0.25) is 5.02 Å². The quantitative estimate of drug-likeness (QED) is 0.458. The fourth-order valence-electron chi connectivity index (χ4n) is 3.17. The van der Waals surface area contributed by atoms with Crippen LogP contribution in [0, 0.1) is 11.3 Å². The van der Waals surface area contributed by atoms with Gasteiger partial charge in [0.1, 0.15) is 18.2 Å².